The van der Waals surface area contributed by atoms with Crippen molar-refractivity contribution in [3.8, 4) is 0 Å². The fraction of sp³-hybridized carbons (Fsp3) is 0.133. The normalized spacial score (nSPS) is 10.0. The van der Waals surface area contributed by atoms with E-state index in [0.29, 0.717) is 12.2 Å². The zero-order chi connectivity index (χ0) is 13.7. The molecule has 0 spiro atoms. The van der Waals surface area contributed by atoms with Gasteiger partial charge >= 0.3 is 6.03 Å². The third kappa shape index (κ3) is 4.03. The summed E-state index contributed by atoms with van der Waals surface area (Å²) in [5, 5.41) is 5.59. The SMILES string of the molecule is Cc1cccc(CNC(=O)Nc2ccccc2S)c1. The van der Waals surface area contributed by atoms with Crippen LogP contribution in [-0.4, -0.2) is 6.03 Å². The number of benzene rings is 2. The summed E-state index contributed by atoms with van der Waals surface area (Å²) >= 11 is 4.28. The van der Waals surface area contributed by atoms with Crippen molar-refractivity contribution >= 4 is 24.3 Å². The number of hydrogen-bond acceptors (Lipinski definition) is 2. The molecule has 2 aromatic carbocycles. The maximum absolute atomic E-state index is 11.8. The summed E-state index contributed by atoms with van der Waals surface area (Å²) in [5.41, 5.74) is 2.96. The second-order valence-corrected chi connectivity index (χ2v) is 4.80. The summed E-state index contributed by atoms with van der Waals surface area (Å²) in [5.74, 6) is 0. The second kappa shape index (κ2) is 6.29. The standard InChI is InChI=1S/C15H16N2OS/c1-11-5-4-6-12(9-11)10-16-15(18)17-13-7-2-3-8-14(13)19/h2-9,19H,10H2,1H3,(H2,16,17,18). The topological polar surface area (TPSA) is 41.1 Å². The lowest BCUT2D eigenvalue weighted by atomic mass is 10.1. The minimum Gasteiger partial charge on any atom is -0.334 e. The van der Waals surface area contributed by atoms with Gasteiger partial charge in [-0.3, -0.25) is 0 Å². The average molecular weight is 272 g/mol. The fourth-order valence-electron chi connectivity index (χ4n) is 1.75. The highest BCUT2D eigenvalue weighted by Gasteiger charge is 2.03. The van der Waals surface area contributed by atoms with Crippen LogP contribution in [0, 0.1) is 6.92 Å². The first-order valence-electron chi connectivity index (χ1n) is 6.03. The lowest BCUT2D eigenvalue weighted by Crippen LogP contribution is -2.28. The Bertz CT molecular complexity index is 584. The third-order valence-electron chi connectivity index (χ3n) is 2.69. The number of urea groups is 1. The smallest absolute Gasteiger partial charge is 0.319 e. The molecular weight excluding hydrogens is 256 g/mol. The predicted molar refractivity (Wildman–Crippen MR) is 80.7 cm³/mol. The van der Waals surface area contributed by atoms with Gasteiger partial charge in [0.05, 0.1) is 5.69 Å². The van der Waals surface area contributed by atoms with E-state index < -0.39 is 0 Å². The van der Waals surface area contributed by atoms with Crippen molar-refractivity contribution in [1.82, 2.24) is 5.32 Å². The molecule has 0 saturated heterocycles. The van der Waals surface area contributed by atoms with Gasteiger partial charge in [0, 0.05) is 11.4 Å². The van der Waals surface area contributed by atoms with E-state index in [1.807, 2.05) is 55.5 Å². The highest BCUT2D eigenvalue weighted by Crippen LogP contribution is 2.18. The van der Waals surface area contributed by atoms with Gasteiger partial charge in [-0.25, -0.2) is 4.79 Å². The van der Waals surface area contributed by atoms with Crippen LogP contribution in [-0.2, 0) is 6.54 Å². The number of rotatable bonds is 3. The molecule has 0 unspecified atom stereocenters. The van der Waals surface area contributed by atoms with E-state index >= 15 is 0 Å². The highest BCUT2D eigenvalue weighted by molar-refractivity contribution is 7.80. The molecule has 0 atom stereocenters. The van der Waals surface area contributed by atoms with Gasteiger partial charge in [0.25, 0.3) is 0 Å². The molecule has 98 valence electrons. The van der Waals surface area contributed by atoms with Crippen LogP contribution in [0.1, 0.15) is 11.1 Å². The van der Waals surface area contributed by atoms with Crippen LogP contribution >= 0.6 is 12.6 Å². The number of amides is 2. The first kappa shape index (κ1) is 13.5. The molecular formula is C15H16N2OS. The molecule has 0 radical (unpaired) electrons. The Balaban J connectivity index is 1.90. The van der Waals surface area contributed by atoms with Gasteiger partial charge in [0.15, 0.2) is 0 Å². The monoisotopic (exact) mass is 272 g/mol. The van der Waals surface area contributed by atoms with E-state index in [0.717, 1.165) is 10.5 Å². The molecule has 3 nitrogen and oxygen atoms in total. The van der Waals surface area contributed by atoms with Crippen molar-refractivity contribution in [3.63, 3.8) is 0 Å². The highest BCUT2D eigenvalue weighted by atomic mass is 32.1. The number of nitrogens with one attached hydrogen (secondary N) is 2. The Morgan fingerprint density at radius 3 is 2.68 bits per heavy atom. The van der Waals surface area contributed by atoms with E-state index in [4.69, 9.17) is 0 Å². The van der Waals surface area contributed by atoms with Gasteiger partial charge in [-0.1, -0.05) is 42.0 Å². The maximum Gasteiger partial charge on any atom is 0.319 e. The van der Waals surface area contributed by atoms with Crippen LogP contribution in [0.3, 0.4) is 0 Å². The molecule has 2 amide bonds. The first-order valence-corrected chi connectivity index (χ1v) is 6.48. The van der Waals surface area contributed by atoms with Gasteiger partial charge in [-0.15, -0.1) is 12.6 Å². The lowest BCUT2D eigenvalue weighted by molar-refractivity contribution is 0.251. The van der Waals surface area contributed by atoms with Gasteiger partial charge in [-0.2, -0.15) is 0 Å². The van der Waals surface area contributed by atoms with Crippen molar-refractivity contribution in [2.24, 2.45) is 0 Å². The zero-order valence-corrected chi connectivity index (χ0v) is 11.6. The molecule has 0 aromatic heterocycles. The zero-order valence-electron chi connectivity index (χ0n) is 10.7. The molecule has 0 aliphatic carbocycles. The average Bonchev–Trinajstić information content (AvgIpc) is 2.39. The number of para-hydroxylation sites is 1. The van der Waals surface area contributed by atoms with Crippen molar-refractivity contribution in [1.29, 1.82) is 0 Å². The van der Waals surface area contributed by atoms with Gasteiger partial charge in [-0.05, 0) is 24.6 Å². The molecule has 2 rings (SSSR count). The summed E-state index contributed by atoms with van der Waals surface area (Å²) in [6, 6.07) is 15.2. The van der Waals surface area contributed by atoms with Crippen molar-refractivity contribution in [2.75, 3.05) is 5.32 Å². The Hall–Kier alpha value is -1.94. The molecule has 0 aliphatic rings. The van der Waals surface area contributed by atoms with E-state index in [9.17, 15) is 4.79 Å². The van der Waals surface area contributed by atoms with Gasteiger partial charge in [0.1, 0.15) is 0 Å². The summed E-state index contributed by atoms with van der Waals surface area (Å²) in [4.78, 5) is 12.5. The van der Waals surface area contributed by atoms with Crippen LogP contribution < -0.4 is 10.6 Å². The number of carbonyl (C=O) groups excluding carboxylic acids is 1. The minimum absolute atomic E-state index is 0.233. The Morgan fingerprint density at radius 1 is 1.16 bits per heavy atom. The molecule has 0 heterocycles. The van der Waals surface area contributed by atoms with Crippen LogP contribution in [0.25, 0.3) is 0 Å². The van der Waals surface area contributed by atoms with Gasteiger partial charge < -0.3 is 10.6 Å². The molecule has 19 heavy (non-hydrogen) atoms. The number of anilines is 1. The summed E-state index contributed by atoms with van der Waals surface area (Å²) in [7, 11) is 0. The number of carbonyl (C=O) groups is 1. The molecule has 0 saturated carbocycles. The Kier molecular flexibility index (Phi) is 4.47. The fourth-order valence-corrected chi connectivity index (χ4v) is 1.97. The lowest BCUT2D eigenvalue weighted by Gasteiger charge is -2.09. The largest absolute Gasteiger partial charge is 0.334 e. The second-order valence-electron chi connectivity index (χ2n) is 4.31. The molecule has 0 aliphatic heterocycles. The molecule has 4 heteroatoms. The van der Waals surface area contributed by atoms with Crippen LogP contribution in [0.2, 0.25) is 0 Å². The van der Waals surface area contributed by atoms with Crippen LogP contribution in [0.15, 0.2) is 53.4 Å². The molecule has 0 bridgehead atoms. The summed E-state index contributed by atoms with van der Waals surface area (Å²) in [6.07, 6.45) is 0. The Morgan fingerprint density at radius 2 is 1.95 bits per heavy atom. The van der Waals surface area contributed by atoms with Crippen molar-refractivity contribution in [2.45, 2.75) is 18.4 Å². The third-order valence-corrected chi connectivity index (χ3v) is 3.08. The van der Waals surface area contributed by atoms with Gasteiger partial charge in [0.2, 0.25) is 0 Å². The first-order chi connectivity index (χ1) is 9.15. The van der Waals surface area contributed by atoms with E-state index in [-0.39, 0.29) is 6.03 Å². The van der Waals surface area contributed by atoms with E-state index in [2.05, 4.69) is 23.3 Å². The number of thiol groups is 1. The van der Waals surface area contributed by atoms with Crippen LogP contribution in [0.4, 0.5) is 10.5 Å². The molecule has 2 aromatic rings. The number of aryl methyl sites for hydroxylation is 1. The summed E-state index contributed by atoms with van der Waals surface area (Å²) < 4.78 is 0. The van der Waals surface area contributed by atoms with E-state index in [1.54, 1.807) is 0 Å². The Labute approximate surface area is 118 Å². The molecule has 0 fully saturated rings. The van der Waals surface area contributed by atoms with Crippen molar-refractivity contribution in [3.05, 3.63) is 59.7 Å². The van der Waals surface area contributed by atoms with Crippen molar-refractivity contribution < 1.29 is 4.79 Å². The van der Waals surface area contributed by atoms with Crippen LogP contribution in [0.5, 0.6) is 0 Å². The maximum atomic E-state index is 11.8. The quantitative estimate of drug-likeness (QED) is 0.734. The predicted octanol–water partition coefficient (Wildman–Crippen LogP) is 3.61. The van der Waals surface area contributed by atoms with E-state index in [1.165, 1.54) is 5.56 Å². The summed E-state index contributed by atoms with van der Waals surface area (Å²) in [6.45, 7) is 2.53. The number of hydrogen-bond donors (Lipinski definition) is 3. The minimum atomic E-state index is -0.233. The molecule has 2 N–H and O–H groups in total.